The van der Waals surface area contributed by atoms with Crippen LogP contribution in [-0.4, -0.2) is 12.6 Å². The molecule has 0 saturated heterocycles. The quantitative estimate of drug-likeness (QED) is 0.325. The second-order valence-corrected chi connectivity index (χ2v) is 5.59. The summed E-state index contributed by atoms with van der Waals surface area (Å²) in [4.78, 5) is 11.9. The van der Waals surface area contributed by atoms with Crippen molar-refractivity contribution in [2.45, 2.75) is 19.8 Å². The third-order valence-corrected chi connectivity index (χ3v) is 3.45. The van der Waals surface area contributed by atoms with E-state index in [1.807, 2.05) is 31.2 Å². The first-order valence-electron chi connectivity index (χ1n) is 8.13. The molecule has 0 aliphatic rings. The van der Waals surface area contributed by atoms with Crippen LogP contribution in [0.15, 0.2) is 54.1 Å². The van der Waals surface area contributed by atoms with E-state index in [1.54, 1.807) is 36.4 Å². The van der Waals surface area contributed by atoms with Gasteiger partial charge in [0.1, 0.15) is 29.2 Å². The number of esters is 1. The topological polar surface area (TPSA) is 83.1 Å². The molecular formula is C21H18N2O3. The number of nitriles is 2. The van der Waals surface area contributed by atoms with Crippen molar-refractivity contribution < 1.29 is 14.3 Å². The molecule has 0 N–H and O–H groups in total. The predicted octanol–water partition coefficient (Wildman–Crippen LogP) is 4.19. The molecule has 5 heteroatoms. The number of ether oxygens (including phenoxy) is 2. The van der Waals surface area contributed by atoms with Crippen LogP contribution >= 0.6 is 0 Å². The van der Waals surface area contributed by atoms with Gasteiger partial charge in [0.2, 0.25) is 0 Å². The molecule has 0 aliphatic heterocycles. The molecule has 0 atom stereocenters. The van der Waals surface area contributed by atoms with Gasteiger partial charge in [-0.05, 0) is 54.8 Å². The van der Waals surface area contributed by atoms with Gasteiger partial charge in [0, 0.05) is 6.42 Å². The van der Waals surface area contributed by atoms with Crippen molar-refractivity contribution in [2.24, 2.45) is 0 Å². The average molecular weight is 346 g/mol. The molecule has 2 aromatic rings. The zero-order valence-corrected chi connectivity index (χ0v) is 14.4. The van der Waals surface area contributed by atoms with E-state index in [4.69, 9.17) is 20.0 Å². The van der Waals surface area contributed by atoms with Gasteiger partial charge in [-0.2, -0.15) is 10.5 Å². The molecule has 0 unspecified atom stereocenters. The van der Waals surface area contributed by atoms with E-state index in [1.165, 1.54) is 6.08 Å². The fourth-order valence-electron chi connectivity index (χ4n) is 2.18. The summed E-state index contributed by atoms with van der Waals surface area (Å²) in [6.07, 6.45) is 2.27. The van der Waals surface area contributed by atoms with Gasteiger partial charge in [-0.25, -0.2) is 0 Å². The van der Waals surface area contributed by atoms with Gasteiger partial charge in [-0.15, -0.1) is 0 Å². The molecule has 0 saturated carbocycles. The molecule has 0 fully saturated rings. The normalized spacial score (nSPS) is 9.50. The lowest BCUT2D eigenvalue weighted by Crippen LogP contribution is -2.09. The summed E-state index contributed by atoms with van der Waals surface area (Å²) in [7, 11) is 0. The molecule has 0 radical (unpaired) electrons. The summed E-state index contributed by atoms with van der Waals surface area (Å²) in [5.41, 5.74) is 1.83. The summed E-state index contributed by atoms with van der Waals surface area (Å²) < 4.78 is 10.8. The lowest BCUT2D eigenvalue weighted by atomic mass is 10.1. The molecule has 26 heavy (non-hydrogen) atoms. The molecule has 0 heterocycles. The lowest BCUT2D eigenvalue weighted by molar-refractivity contribution is -0.134. The van der Waals surface area contributed by atoms with Crippen LogP contribution in [0.25, 0.3) is 6.08 Å². The van der Waals surface area contributed by atoms with Crippen molar-refractivity contribution >= 4 is 12.0 Å². The van der Waals surface area contributed by atoms with E-state index in [2.05, 4.69) is 0 Å². The monoisotopic (exact) mass is 346 g/mol. The smallest absolute Gasteiger partial charge is 0.311 e. The first-order chi connectivity index (χ1) is 12.6. The van der Waals surface area contributed by atoms with Crippen LogP contribution in [0.2, 0.25) is 0 Å². The maximum atomic E-state index is 11.9. The Morgan fingerprint density at radius 1 is 1.08 bits per heavy atom. The minimum Gasteiger partial charge on any atom is -0.494 e. The highest BCUT2D eigenvalue weighted by Crippen LogP contribution is 2.16. The van der Waals surface area contributed by atoms with Crippen molar-refractivity contribution in [1.82, 2.24) is 0 Å². The highest BCUT2D eigenvalue weighted by atomic mass is 16.5. The minimum absolute atomic E-state index is 0.0170. The van der Waals surface area contributed by atoms with E-state index in [0.717, 1.165) is 11.3 Å². The Morgan fingerprint density at radius 2 is 1.81 bits per heavy atom. The molecule has 5 nitrogen and oxygen atoms in total. The second-order valence-electron chi connectivity index (χ2n) is 5.59. The average Bonchev–Trinajstić information content (AvgIpc) is 2.65. The summed E-state index contributed by atoms with van der Waals surface area (Å²) in [5.74, 6) is 0.870. The molecule has 0 spiro atoms. The van der Waals surface area contributed by atoms with E-state index in [0.29, 0.717) is 24.3 Å². The third-order valence-electron chi connectivity index (χ3n) is 3.45. The molecule has 0 aliphatic carbocycles. The van der Waals surface area contributed by atoms with Crippen molar-refractivity contribution in [1.29, 1.82) is 10.5 Å². The second kappa shape index (κ2) is 9.66. The van der Waals surface area contributed by atoms with Gasteiger partial charge in [0.15, 0.2) is 0 Å². The first-order valence-corrected chi connectivity index (χ1v) is 8.13. The van der Waals surface area contributed by atoms with Crippen molar-refractivity contribution in [3.63, 3.8) is 0 Å². The number of carbonyl (C=O) groups is 1. The lowest BCUT2D eigenvalue weighted by Gasteiger charge is -2.07. The third kappa shape index (κ3) is 6.14. The molecule has 0 amide bonds. The number of hydrogen-bond donors (Lipinski definition) is 0. The van der Waals surface area contributed by atoms with Gasteiger partial charge in [0.05, 0.1) is 6.61 Å². The van der Waals surface area contributed by atoms with E-state index < -0.39 is 0 Å². The van der Waals surface area contributed by atoms with Crippen LogP contribution in [0.3, 0.4) is 0 Å². The Balaban J connectivity index is 1.76. The van der Waals surface area contributed by atoms with E-state index >= 15 is 0 Å². The van der Waals surface area contributed by atoms with E-state index in [9.17, 15) is 4.79 Å². The Labute approximate surface area is 152 Å². The SMILES string of the molecule is Cc1cccc(OCCCC(=O)Oc2ccc(C=C(C#N)C#N)cc2)c1. The molecular weight excluding hydrogens is 328 g/mol. The molecule has 2 aromatic carbocycles. The zero-order chi connectivity index (χ0) is 18.8. The van der Waals surface area contributed by atoms with Gasteiger partial charge < -0.3 is 9.47 Å². The molecule has 2 rings (SSSR count). The standard InChI is InChI=1S/C21H18N2O3/c1-16-4-2-5-20(12-16)25-11-3-6-21(24)26-19-9-7-17(8-10-19)13-18(14-22)15-23/h2,4-5,7-10,12-13H,3,6,11H2,1H3. The van der Waals surface area contributed by atoms with Gasteiger partial charge in [-0.3, -0.25) is 4.79 Å². The molecule has 0 aromatic heterocycles. The summed E-state index contributed by atoms with van der Waals surface area (Å²) in [6, 6.07) is 17.9. The predicted molar refractivity (Wildman–Crippen MR) is 97.2 cm³/mol. The van der Waals surface area contributed by atoms with Gasteiger partial charge in [0.25, 0.3) is 0 Å². The van der Waals surface area contributed by atoms with E-state index in [-0.39, 0.29) is 18.0 Å². The number of hydrogen-bond acceptors (Lipinski definition) is 5. The van der Waals surface area contributed by atoms with Crippen LogP contribution in [0, 0.1) is 29.6 Å². The zero-order valence-electron chi connectivity index (χ0n) is 14.4. The fraction of sp³-hybridized carbons (Fsp3) is 0.190. The largest absolute Gasteiger partial charge is 0.494 e. The fourth-order valence-corrected chi connectivity index (χ4v) is 2.18. The molecule has 0 bridgehead atoms. The highest BCUT2D eigenvalue weighted by Gasteiger charge is 2.05. The maximum Gasteiger partial charge on any atom is 0.311 e. The maximum absolute atomic E-state index is 11.9. The van der Waals surface area contributed by atoms with Crippen molar-refractivity contribution in [3.05, 3.63) is 65.2 Å². The van der Waals surface area contributed by atoms with Crippen LogP contribution in [-0.2, 0) is 4.79 Å². The number of benzene rings is 2. The summed E-state index contributed by atoms with van der Waals surface area (Å²) in [6.45, 7) is 2.43. The Hall–Kier alpha value is -3.57. The number of allylic oxidation sites excluding steroid dienone is 1. The first kappa shape index (κ1) is 18.8. The minimum atomic E-state index is -0.337. The highest BCUT2D eigenvalue weighted by molar-refractivity contribution is 5.72. The van der Waals surface area contributed by atoms with Crippen LogP contribution in [0.5, 0.6) is 11.5 Å². The van der Waals surface area contributed by atoms with Crippen molar-refractivity contribution in [2.75, 3.05) is 6.61 Å². The van der Waals surface area contributed by atoms with Crippen molar-refractivity contribution in [3.8, 4) is 23.6 Å². The molecule has 130 valence electrons. The Bertz CT molecular complexity index is 855. The van der Waals surface area contributed by atoms with Crippen LogP contribution < -0.4 is 9.47 Å². The number of carbonyl (C=O) groups excluding carboxylic acids is 1. The van der Waals surface area contributed by atoms with Gasteiger partial charge in [-0.1, -0.05) is 24.3 Å². The Morgan fingerprint density at radius 3 is 2.46 bits per heavy atom. The number of aryl methyl sites for hydroxylation is 1. The summed E-state index contributed by atoms with van der Waals surface area (Å²) >= 11 is 0. The van der Waals surface area contributed by atoms with Crippen LogP contribution in [0.4, 0.5) is 0 Å². The number of rotatable bonds is 7. The Kier molecular flexibility index (Phi) is 6.97. The van der Waals surface area contributed by atoms with Crippen LogP contribution in [0.1, 0.15) is 24.0 Å². The van der Waals surface area contributed by atoms with Gasteiger partial charge >= 0.3 is 5.97 Å². The summed E-state index contributed by atoms with van der Waals surface area (Å²) in [5, 5.41) is 17.5. The number of nitrogens with zero attached hydrogens (tertiary/aromatic N) is 2.